The van der Waals surface area contributed by atoms with Gasteiger partial charge in [-0.15, -0.1) is 11.8 Å². The van der Waals surface area contributed by atoms with Gasteiger partial charge in [0.05, 0.1) is 12.4 Å². The second-order valence-corrected chi connectivity index (χ2v) is 5.90. The van der Waals surface area contributed by atoms with Gasteiger partial charge in [0.15, 0.2) is 0 Å². The van der Waals surface area contributed by atoms with Crippen LogP contribution in [0.15, 0.2) is 35.2 Å². The summed E-state index contributed by atoms with van der Waals surface area (Å²) < 4.78 is 0. The molecule has 1 saturated carbocycles. The topological polar surface area (TPSA) is 40.5 Å². The van der Waals surface area contributed by atoms with E-state index in [0.29, 0.717) is 18.3 Å². The minimum atomic E-state index is 0.0538. The van der Waals surface area contributed by atoms with Gasteiger partial charge < -0.3 is 10.0 Å². The van der Waals surface area contributed by atoms with Crippen molar-refractivity contribution in [2.75, 3.05) is 18.9 Å². The average Bonchev–Trinajstić information content (AvgIpc) is 2.97. The Morgan fingerprint density at radius 3 is 2.58 bits per heavy atom. The standard InChI is InChI=1S/C15H21NO2S/c17-11-10-16(13-6-4-5-7-13)15(18)12-19-14-8-2-1-3-9-14/h1-3,8-9,13,17H,4-7,10-12H2. The lowest BCUT2D eigenvalue weighted by atomic mass is 10.2. The zero-order valence-electron chi connectivity index (χ0n) is 11.1. The van der Waals surface area contributed by atoms with Gasteiger partial charge in [-0.25, -0.2) is 0 Å². The van der Waals surface area contributed by atoms with Crippen molar-refractivity contribution in [3.63, 3.8) is 0 Å². The molecular weight excluding hydrogens is 258 g/mol. The Hall–Kier alpha value is -1.00. The van der Waals surface area contributed by atoms with E-state index >= 15 is 0 Å². The lowest BCUT2D eigenvalue weighted by Crippen LogP contribution is -2.41. The summed E-state index contributed by atoms with van der Waals surface area (Å²) in [6.45, 7) is 0.525. The summed E-state index contributed by atoms with van der Waals surface area (Å²) >= 11 is 1.57. The summed E-state index contributed by atoms with van der Waals surface area (Å²) in [5, 5.41) is 9.13. The van der Waals surface area contributed by atoms with Gasteiger partial charge in [-0.1, -0.05) is 31.0 Å². The molecule has 1 aromatic rings. The van der Waals surface area contributed by atoms with E-state index in [1.54, 1.807) is 11.8 Å². The third-order valence-electron chi connectivity index (χ3n) is 3.53. The largest absolute Gasteiger partial charge is 0.395 e. The van der Waals surface area contributed by atoms with Crippen LogP contribution < -0.4 is 0 Å². The van der Waals surface area contributed by atoms with Crippen LogP contribution in [0.1, 0.15) is 25.7 Å². The van der Waals surface area contributed by atoms with Crippen molar-refractivity contribution in [1.29, 1.82) is 0 Å². The van der Waals surface area contributed by atoms with Crippen molar-refractivity contribution in [1.82, 2.24) is 4.90 Å². The molecule has 0 spiro atoms. The third-order valence-corrected chi connectivity index (χ3v) is 4.53. The molecule has 0 saturated heterocycles. The predicted octanol–water partition coefficient (Wildman–Crippen LogP) is 2.54. The van der Waals surface area contributed by atoms with E-state index in [1.807, 2.05) is 35.2 Å². The molecule has 104 valence electrons. The third kappa shape index (κ3) is 4.25. The van der Waals surface area contributed by atoms with Crippen LogP contribution in [0.25, 0.3) is 0 Å². The minimum Gasteiger partial charge on any atom is -0.395 e. The number of aliphatic hydroxyl groups excluding tert-OH is 1. The van der Waals surface area contributed by atoms with E-state index in [9.17, 15) is 4.79 Å². The van der Waals surface area contributed by atoms with Crippen LogP contribution in [-0.4, -0.2) is 40.9 Å². The number of hydrogen-bond donors (Lipinski definition) is 1. The molecule has 0 heterocycles. The van der Waals surface area contributed by atoms with Crippen LogP contribution in [-0.2, 0) is 4.79 Å². The number of benzene rings is 1. The van der Waals surface area contributed by atoms with E-state index in [2.05, 4.69) is 0 Å². The maximum atomic E-state index is 12.3. The maximum Gasteiger partial charge on any atom is 0.233 e. The molecular formula is C15H21NO2S. The summed E-state index contributed by atoms with van der Waals surface area (Å²) in [5.74, 6) is 0.607. The van der Waals surface area contributed by atoms with E-state index < -0.39 is 0 Å². The Kier molecular flexibility index (Phi) is 5.73. The van der Waals surface area contributed by atoms with Crippen molar-refractivity contribution >= 4 is 17.7 Å². The molecule has 1 amide bonds. The molecule has 1 aliphatic rings. The molecule has 1 fully saturated rings. The molecule has 0 unspecified atom stereocenters. The summed E-state index contributed by atoms with van der Waals surface area (Å²) in [5.41, 5.74) is 0. The molecule has 4 heteroatoms. The number of amides is 1. The number of hydrogen-bond acceptors (Lipinski definition) is 3. The maximum absolute atomic E-state index is 12.3. The highest BCUT2D eigenvalue weighted by molar-refractivity contribution is 8.00. The molecule has 0 aliphatic heterocycles. The van der Waals surface area contributed by atoms with Gasteiger partial charge >= 0.3 is 0 Å². The molecule has 2 rings (SSSR count). The molecule has 1 aromatic carbocycles. The quantitative estimate of drug-likeness (QED) is 0.814. The highest BCUT2D eigenvalue weighted by Crippen LogP contribution is 2.25. The number of rotatable bonds is 6. The van der Waals surface area contributed by atoms with Crippen LogP contribution in [0, 0.1) is 0 Å². The second-order valence-electron chi connectivity index (χ2n) is 4.85. The summed E-state index contributed by atoms with van der Waals surface area (Å²) in [7, 11) is 0. The van der Waals surface area contributed by atoms with Crippen LogP contribution in [0.2, 0.25) is 0 Å². The van der Waals surface area contributed by atoms with Gasteiger partial charge in [-0.05, 0) is 25.0 Å². The Morgan fingerprint density at radius 1 is 1.26 bits per heavy atom. The fraction of sp³-hybridized carbons (Fsp3) is 0.533. The second kappa shape index (κ2) is 7.56. The molecule has 1 N–H and O–H groups in total. The molecule has 3 nitrogen and oxygen atoms in total. The van der Waals surface area contributed by atoms with E-state index in [1.165, 1.54) is 12.8 Å². The van der Waals surface area contributed by atoms with Gasteiger partial charge in [0.1, 0.15) is 0 Å². The number of aliphatic hydroxyl groups is 1. The van der Waals surface area contributed by atoms with Crippen molar-refractivity contribution in [2.24, 2.45) is 0 Å². The van der Waals surface area contributed by atoms with Crippen molar-refractivity contribution in [3.8, 4) is 0 Å². The number of thioether (sulfide) groups is 1. The van der Waals surface area contributed by atoms with Crippen LogP contribution in [0.3, 0.4) is 0 Å². The Bertz CT molecular complexity index is 390. The smallest absolute Gasteiger partial charge is 0.233 e. The van der Waals surface area contributed by atoms with Gasteiger partial charge in [0.25, 0.3) is 0 Å². The fourth-order valence-electron chi connectivity index (χ4n) is 2.58. The first-order valence-corrected chi connectivity index (χ1v) is 7.88. The van der Waals surface area contributed by atoms with Crippen molar-refractivity contribution < 1.29 is 9.90 Å². The Labute approximate surface area is 119 Å². The fourth-order valence-corrected chi connectivity index (χ4v) is 3.38. The highest BCUT2D eigenvalue weighted by atomic mass is 32.2. The molecule has 0 bridgehead atoms. The van der Waals surface area contributed by atoms with E-state index in [4.69, 9.17) is 5.11 Å². The Morgan fingerprint density at radius 2 is 1.95 bits per heavy atom. The first kappa shape index (κ1) is 14.4. The zero-order chi connectivity index (χ0) is 13.5. The summed E-state index contributed by atoms with van der Waals surface area (Å²) in [6.07, 6.45) is 4.57. The minimum absolute atomic E-state index is 0.0538. The molecule has 19 heavy (non-hydrogen) atoms. The Balaban J connectivity index is 1.88. The van der Waals surface area contributed by atoms with Gasteiger partial charge in [-0.2, -0.15) is 0 Å². The van der Waals surface area contributed by atoms with Crippen molar-refractivity contribution in [2.45, 2.75) is 36.6 Å². The molecule has 0 atom stereocenters. The van der Waals surface area contributed by atoms with E-state index in [-0.39, 0.29) is 12.5 Å². The first-order valence-electron chi connectivity index (χ1n) is 6.89. The molecule has 0 radical (unpaired) electrons. The number of nitrogens with zero attached hydrogens (tertiary/aromatic N) is 1. The van der Waals surface area contributed by atoms with Crippen LogP contribution in [0.4, 0.5) is 0 Å². The van der Waals surface area contributed by atoms with Gasteiger partial charge in [0, 0.05) is 17.5 Å². The van der Waals surface area contributed by atoms with Crippen LogP contribution in [0.5, 0.6) is 0 Å². The average molecular weight is 279 g/mol. The van der Waals surface area contributed by atoms with Crippen LogP contribution >= 0.6 is 11.8 Å². The first-order chi connectivity index (χ1) is 9.31. The number of carbonyl (C=O) groups excluding carboxylic acids is 1. The molecule has 0 aromatic heterocycles. The molecule has 1 aliphatic carbocycles. The normalized spacial score (nSPS) is 15.6. The zero-order valence-corrected chi connectivity index (χ0v) is 11.9. The lowest BCUT2D eigenvalue weighted by molar-refractivity contribution is -0.131. The summed E-state index contributed by atoms with van der Waals surface area (Å²) in [6, 6.07) is 10.3. The SMILES string of the molecule is O=C(CSc1ccccc1)N(CCO)C1CCCC1. The number of carbonyl (C=O) groups is 1. The van der Waals surface area contributed by atoms with E-state index in [0.717, 1.165) is 17.7 Å². The van der Waals surface area contributed by atoms with Crippen molar-refractivity contribution in [3.05, 3.63) is 30.3 Å². The lowest BCUT2D eigenvalue weighted by Gasteiger charge is -2.28. The van der Waals surface area contributed by atoms with Gasteiger partial charge in [-0.3, -0.25) is 4.79 Å². The monoisotopic (exact) mass is 279 g/mol. The van der Waals surface area contributed by atoms with Gasteiger partial charge in [0.2, 0.25) is 5.91 Å². The highest BCUT2D eigenvalue weighted by Gasteiger charge is 2.25. The summed E-state index contributed by atoms with van der Waals surface area (Å²) in [4.78, 5) is 15.3. The predicted molar refractivity (Wildman–Crippen MR) is 78.2 cm³/mol.